The first kappa shape index (κ1) is 22.5. The molecule has 0 radical (unpaired) electrons. The summed E-state index contributed by atoms with van der Waals surface area (Å²) in [6.45, 7) is 0. The van der Waals surface area contributed by atoms with Crippen molar-refractivity contribution in [2.45, 2.75) is 0 Å². The lowest BCUT2D eigenvalue weighted by molar-refractivity contribution is 0.0680. The van der Waals surface area contributed by atoms with Crippen molar-refractivity contribution >= 4 is 11.9 Å². The number of rotatable bonds is 6. The molecular formula is C28H18N4O4. The largest absolute Gasteiger partial charge is 0.477 e. The summed E-state index contributed by atoms with van der Waals surface area (Å²) < 4.78 is 0. The van der Waals surface area contributed by atoms with Crippen molar-refractivity contribution in [1.82, 2.24) is 19.9 Å². The maximum Gasteiger partial charge on any atom is 0.354 e. The number of aromatic nitrogens is 4. The quantitative estimate of drug-likeness (QED) is 0.338. The maximum absolute atomic E-state index is 11.7. The van der Waals surface area contributed by atoms with Gasteiger partial charge in [0, 0.05) is 11.8 Å². The first-order valence-electron chi connectivity index (χ1n) is 10.9. The summed E-state index contributed by atoms with van der Waals surface area (Å²) in [7, 11) is 0. The highest BCUT2D eigenvalue weighted by Gasteiger charge is 2.13. The van der Waals surface area contributed by atoms with Gasteiger partial charge in [0.1, 0.15) is 11.4 Å². The van der Waals surface area contributed by atoms with E-state index in [9.17, 15) is 19.8 Å². The van der Waals surface area contributed by atoms with Gasteiger partial charge < -0.3 is 10.2 Å². The molecule has 4 aromatic heterocycles. The van der Waals surface area contributed by atoms with Crippen LogP contribution in [0.5, 0.6) is 0 Å². The normalized spacial score (nSPS) is 10.7. The van der Waals surface area contributed by atoms with Crippen LogP contribution in [0.25, 0.3) is 45.2 Å². The number of aromatic carboxylic acids is 2. The zero-order chi connectivity index (χ0) is 25.1. The molecule has 8 heteroatoms. The predicted molar refractivity (Wildman–Crippen MR) is 133 cm³/mol. The zero-order valence-electron chi connectivity index (χ0n) is 18.7. The standard InChI is InChI=1S/C28H18N4O4/c33-27(34)24-9-4-8-23(31-24)22-7-3-6-20(30-22)18-12-10-17(11-13-18)19-15-25(21-5-1-2-14-29-21)32-26(16-19)28(35)36/h1-16H,(H,33,34)(H,35,36). The average molecular weight is 474 g/mol. The van der Waals surface area contributed by atoms with E-state index >= 15 is 0 Å². The highest BCUT2D eigenvalue weighted by atomic mass is 16.4. The minimum atomic E-state index is -1.12. The van der Waals surface area contributed by atoms with Crippen LogP contribution >= 0.6 is 0 Å². The Balaban J connectivity index is 1.49. The second-order valence-electron chi connectivity index (χ2n) is 7.85. The van der Waals surface area contributed by atoms with Crippen molar-refractivity contribution < 1.29 is 19.8 Å². The van der Waals surface area contributed by atoms with Gasteiger partial charge in [-0.25, -0.2) is 24.5 Å². The molecule has 0 unspecified atom stereocenters. The van der Waals surface area contributed by atoms with Crippen LogP contribution in [0, 0.1) is 0 Å². The fourth-order valence-corrected chi connectivity index (χ4v) is 3.72. The molecule has 4 heterocycles. The van der Waals surface area contributed by atoms with Crippen molar-refractivity contribution in [2.24, 2.45) is 0 Å². The molecule has 5 rings (SSSR count). The lowest BCUT2D eigenvalue weighted by atomic mass is 10.0. The van der Waals surface area contributed by atoms with Gasteiger partial charge >= 0.3 is 11.9 Å². The van der Waals surface area contributed by atoms with E-state index in [2.05, 4.69) is 19.9 Å². The molecule has 0 aliphatic heterocycles. The van der Waals surface area contributed by atoms with Crippen molar-refractivity contribution in [3.63, 3.8) is 0 Å². The van der Waals surface area contributed by atoms with Crippen molar-refractivity contribution in [1.29, 1.82) is 0 Å². The lowest BCUT2D eigenvalue weighted by Gasteiger charge is -2.09. The summed E-state index contributed by atoms with van der Waals surface area (Å²) in [5.41, 5.74) is 5.01. The molecule has 0 saturated carbocycles. The fourth-order valence-electron chi connectivity index (χ4n) is 3.72. The third-order valence-corrected chi connectivity index (χ3v) is 5.47. The van der Waals surface area contributed by atoms with Gasteiger partial charge in [0.15, 0.2) is 0 Å². The average Bonchev–Trinajstić information content (AvgIpc) is 2.93. The van der Waals surface area contributed by atoms with Gasteiger partial charge in [-0.3, -0.25) is 4.98 Å². The second kappa shape index (κ2) is 9.55. The van der Waals surface area contributed by atoms with E-state index in [-0.39, 0.29) is 11.4 Å². The number of nitrogens with zero attached hydrogens (tertiary/aromatic N) is 4. The molecule has 8 nitrogen and oxygen atoms in total. The molecule has 0 spiro atoms. The summed E-state index contributed by atoms with van der Waals surface area (Å²) in [5, 5.41) is 18.8. The van der Waals surface area contributed by atoms with Crippen LogP contribution in [0.1, 0.15) is 21.0 Å². The molecule has 0 aliphatic carbocycles. The van der Waals surface area contributed by atoms with Crippen molar-refractivity contribution in [2.75, 3.05) is 0 Å². The van der Waals surface area contributed by atoms with E-state index in [0.29, 0.717) is 34.0 Å². The van der Waals surface area contributed by atoms with Gasteiger partial charge in [-0.05, 0) is 59.7 Å². The molecule has 0 saturated heterocycles. The van der Waals surface area contributed by atoms with Gasteiger partial charge in [-0.1, -0.05) is 42.5 Å². The van der Waals surface area contributed by atoms with Crippen LogP contribution in [-0.4, -0.2) is 42.1 Å². The summed E-state index contributed by atoms with van der Waals surface area (Å²) >= 11 is 0. The van der Waals surface area contributed by atoms with Crippen LogP contribution < -0.4 is 0 Å². The zero-order valence-corrected chi connectivity index (χ0v) is 18.7. The molecule has 0 atom stereocenters. The SMILES string of the molecule is O=C(O)c1cc(-c2ccc(-c3cccc(-c4cccc(C(=O)O)n4)n3)cc2)cc(-c2ccccn2)n1. The molecule has 174 valence electrons. The van der Waals surface area contributed by atoms with Crippen molar-refractivity contribution in [3.05, 3.63) is 109 Å². The summed E-state index contributed by atoms with van der Waals surface area (Å²) in [6, 6.07) is 26.5. The Bertz CT molecular complexity index is 1590. The van der Waals surface area contributed by atoms with Crippen LogP contribution in [0.15, 0.2) is 97.2 Å². The minimum absolute atomic E-state index is 0.0489. The lowest BCUT2D eigenvalue weighted by Crippen LogP contribution is -2.02. The third kappa shape index (κ3) is 4.69. The number of hydrogen-bond acceptors (Lipinski definition) is 6. The Morgan fingerprint density at radius 3 is 1.81 bits per heavy atom. The van der Waals surface area contributed by atoms with E-state index in [1.807, 2.05) is 48.5 Å². The summed E-state index contributed by atoms with van der Waals surface area (Å²) in [4.78, 5) is 40.3. The first-order chi connectivity index (χ1) is 17.5. The van der Waals surface area contributed by atoms with E-state index in [1.165, 1.54) is 12.1 Å². The fraction of sp³-hybridized carbons (Fsp3) is 0. The number of benzene rings is 1. The summed E-state index contributed by atoms with van der Waals surface area (Å²) in [6.07, 6.45) is 1.63. The van der Waals surface area contributed by atoms with Crippen molar-refractivity contribution in [3.8, 4) is 45.2 Å². The smallest absolute Gasteiger partial charge is 0.354 e. The second-order valence-corrected chi connectivity index (χ2v) is 7.85. The number of carboxylic acids is 2. The predicted octanol–water partition coefficient (Wildman–Crippen LogP) is 5.33. The Labute approximate surface area is 205 Å². The molecule has 0 fully saturated rings. The van der Waals surface area contributed by atoms with Crippen LogP contribution in [0.2, 0.25) is 0 Å². The Morgan fingerprint density at radius 2 is 1.11 bits per heavy atom. The van der Waals surface area contributed by atoms with Crippen LogP contribution in [-0.2, 0) is 0 Å². The monoisotopic (exact) mass is 474 g/mol. The molecule has 36 heavy (non-hydrogen) atoms. The Hall–Kier alpha value is -5.24. The Morgan fingerprint density at radius 1 is 0.500 bits per heavy atom. The Kier molecular flexibility index (Phi) is 5.98. The van der Waals surface area contributed by atoms with Gasteiger partial charge in [-0.15, -0.1) is 0 Å². The van der Waals surface area contributed by atoms with E-state index in [4.69, 9.17) is 0 Å². The van der Waals surface area contributed by atoms with Gasteiger partial charge in [-0.2, -0.15) is 0 Å². The molecule has 2 N–H and O–H groups in total. The van der Waals surface area contributed by atoms with E-state index in [0.717, 1.165) is 11.1 Å². The number of carbonyl (C=O) groups is 2. The van der Waals surface area contributed by atoms with Gasteiger partial charge in [0.25, 0.3) is 0 Å². The summed E-state index contributed by atoms with van der Waals surface area (Å²) in [5.74, 6) is -2.22. The molecule has 0 bridgehead atoms. The van der Waals surface area contributed by atoms with Crippen LogP contribution in [0.4, 0.5) is 0 Å². The minimum Gasteiger partial charge on any atom is -0.477 e. The highest BCUT2D eigenvalue weighted by Crippen LogP contribution is 2.28. The molecule has 1 aromatic carbocycles. The van der Waals surface area contributed by atoms with Gasteiger partial charge in [0.2, 0.25) is 0 Å². The number of hydrogen-bond donors (Lipinski definition) is 2. The molecule has 0 amide bonds. The number of carboxylic acid groups (broad SMARTS) is 2. The molecular weight excluding hydrogens is 456 g/mol. The van der Waals surface area contributed by atoms with Gasteiger partial charge in [0.05, 0.1) is 28.5 Å². The van der Waals surface area contributed by atoms with Crippen LogP contribution in [0.3, 0.4) is 0 Å². The first-order valence-corrected chi connectivity index (χ1v) is 10.9. The third-order valence-electron chi connectivity index (χ3n) is 5.47. The molecule has 5 aromatic rings. The number of pyridine rings is 4. The van der Waals surface area contributed by atoms with E-state index < -0.39 is 11.9 Å². The highest BCUT2D eigenvalue weighted by molar-refractivity contribution is 5.89. The van der Waals surface area contributed by atoms with E-state index in [1.54, 1.807) is 36.5 Å². The maximum atomic E-state index is 11.7. The molecule has 0 aliphatic rings. The topological polar surface area (TPSA) is 126 Å².